The molecule has 0 bridgehead atoms. The van der Waals surface area contributed by atoms with Crippen LogP contribution in [0.25, 0.3) is 11.1 Å². The molecular formula is C20H20N6O2. The summed E-state index contributed by atoms with van der Waals surface area (Å²) in [5.74, 6) is 0.366. The van der Waals surface area contributed by atoms with Gasteiger partial charge in [0.1, 0.15) is 11.2 Å². The van der Waals surface area contributed by atoms with Crippen LogP contribution < -0.4 is 0 Å². The van der Waals surface area contributed by atoms with Crippen molar-refractivity contribution in [3.05, 3.63) is 64.8 Å². The van der Waals surface area contributed by atoms with Crippen molar-refractivity contribution in [2.24, 2.45) is 7.05 Å². The fraction of sp³-hybridized carbons (Fsp3) is 0.300. The predicted octanol–water partition coefficient (Wildman–Crippen LogP) is 2.69. The molecular weight excluding hydrogens is 356 g/mol. The molecule has 1 aliphatic rings. The monoisotopic (exact) mass is 376 g/mol. The van der Waals surface area contributed by atoms with Crippen LogP contribution in [0.4, 0.5) is 0 Å². The van der Waals surface area contributed by atoms with Crippen LogP contribution in [0.15, 0.2) is 35.0 Å². The molecule has 3 aromatic heterocycles. The first-order chi connectivity index (χ1) is 13.5. The van der Waals surface area contributed by atoms with Crippen LogP contribution in [-0.4, -0.2) is 42.1 Å². The molecule has 1 amide bonds. The highest BCUT2D eigenvalue weighted by molar-refractivity contribution is 5.93. The van der Waals surface area contributed by atoms with E-state index in [2.05, 4.69) is 15.1 Å². The molecule has 8 heteroatoms. The quantitative estimate of drug-likeness (QED) is 0.581. The summed E-state index contributed by atoms with van der Waals surface area (Å²) in [6.45, 7) is 4.40. The third-order valence-electron chi connectivity index (χ3n) is 5.27. The number of para-hydroxylation sites is 1. The molecule has 4 heterocycles. The zero-order valence-corrected chi connectivity index (χ0v) is 15.9. The number of fused-ring (bicyclic) bond motifs is 2. The second kappa shape index (κ2) is 6.05. The standard InChI is InChI=1S/C20H20N6O2/c1-11-5-4-6-14-18(11)28-19(23-14)17-16-13(21-10-22-16)7-8-26(17)20(27)15-9-12(2)24-25(15)3/h4-6,9-10,17H,7-8H2,1-3H3,(H,21,22)/t17-/m0/s1. The van der Waals surface area contributed by atoms with E-state index in [1.807, 2.05) is 32.0 Å². The number of H-pyrrole nitrogens is 1. The lowest BCUT2D eigenvalue weighted by molar-refractivity contribution is 0.0656. The molecule has 1 N–H and O–H groups in total. The summed E-state index contributed by atoms with van der Waals surface area (Å²) in [6.07, 6.45) is 2.36. The molecule has 0 fully saturated rings. The predicted molar refractivity (Wildman–Crippen MR) is 102 cm³/mol. The zero-order chi connectivity index (χ0) is 19.4. The van der Waals surface area contributed by atoms with Crippen molar-refractivity contribution >= 4 is 17.0 Å². The van der Waals surface area contributed by atoms with E-state index >= 15 is 0 Å². The molecule has 1 atom stereocenters. The van der Waals surface area contributed by atoms with E-state index in [-0.39, 0.29) is 5.91 Å². The van der Waals surface area contributed by atoms with Crippen LogP contribution in [-0.2, 0) is 13.5 Å². The summed E-state index contributed by atoms with van der Waals surface area (Å²) in [5.41, 5.74) is 5.66. The van der Waals surface area contributed by atoms with Gasteiger partial charge in [0, 0.05) is 25.7 Å². The fourth-order valence-electron chi connectivity index (χ4n) is 3.92. The van der Waals surface area contributed by atoms with Crippen molar-refractivity contribution in [2.45, 2.75) is 26.3 Å². The van der Waals surface area contributed by atoms with Gasteiger partial charge < -0.3 is 14.3 Å². The molecule has 0 saturated heterocycles. The SMILES string of the molecule is Cc1cc(C(=O)N2CCc3[nH]cnc3[C@H]2c2nc3cccc(C)c3o2)n(C)n1. The number of carbonyl (C=O) groups is 1. The lowest BCUT2D eigenvalue weighted by Crippen LogP contribution is -2.41. The third kappa shape index (κ3) is 2.45. The number of nitrogens with one attached hydrogen (secondary N) is 1. The van der Waals surface area contributed by atoms with Gasteiger partial charge in [-0.2, -0.15) is 5.10 Å². The topological polar surface area (TPSA) is 92.8 Å². The summed E-state index contributed by atoms with van der Waals surface area (Å²) in [7, 11) is 1.78. The number of nitrogens with zero attached hydrogens (tertiary/aromatic N) is 5. The molecule has 0 saturated carbocycles. The number of benzene rings is 1. The highest BCUT2D eigenvalue weighted by Gasteiger charge is 2.38. The van der Waals surface area contributed by atoms with E-state index in [1.165, 1.54) is 0 Å². The number of hydrogen-bond donors (Lipinski definition) is 1. The minimum Gasteiger partial charge on any atom is -0.438 e. The van der Waals surface area contributed by atoms with E-state index < -0.39 is 6.04 Å². The van der Waals surface area contributed by atoms with Gasteiger partial charge in [-0.1, -0.05) is 12.1 Å². The average molecular weight is 376 g/mol. The molecule has 0 unspecified atom stereocenters. The second-order valence-corrected chi connectivity index (χ2v) is 7.19. The number of rotatable bonds is 2. The number of aromatic nitrogens is 5. The Hall–Kier alpha value is -3.42. The Balaban J connectivity index is 1.65. The Morgan fingerprint density at radius 2 is 2.18 bits per heavy atom. The van der Waals surface area contributed by atoms with Crippen molar-refractivity contribution in [2.75, 3.05) is 6.54 Å². The number of oxazole rings is 1. The van der Waals surface area contributed by atoms with E-state index in [0.29, 0.717) is 24.6 Å². The van der Waals surface area contributed by atoms with Gasteiger partial charge in [-0.05, 0) is 31.5 Å². The molecule has 1 aliphatic heterocycles. The molecule has 5 rings (SSSR count). The molecule has 4 aromatic rings. The summed E-state index contributed by atoms with van der Waals surface area (Å²) < 4.78 is 7.75. The van der Waals surface area contributed by atoms with Crippen LogP contribution in [0.1, 0.15) is 45.1 Å². The highest BCUT2D eigenvalue weighted by atomic mass is 16.4. The lowest BCUT2D eigenvalue weighted by Gasteiger charge is -2.32. The number of carbonyl (C=O) groups excluding carboxylic acids is 1. The Bertz CT molecular complexity index is 1200. The van der Waals surface area contributed by atoms with Crippen molar-refractivity contribution in [1.82, 2.24) is 29.6 Å². The number of aromatic amines is 1. The van der Waals surface area contributed by atoms with Gasteiger partial charge in [-0.3, -0.25) is 9.48 Å². The van der Waals surface area contributed by atoms with E-state index in [9.17, 15) is 4.79 Å². The van der Waals surface area contributed by atoms with E-state index in [1.54, 1.807) is 29.0 Å². The minimum absolute atomic E-state index is 0.110. The Kier molecular flexibility index (Phi) is 3.61. The molecule has 0 spiro atoms. The van der Waals surface area contributed by atoms with Crippen molar-refractivity contribution in [1.29, 1.82) is 0 Å². The summed E-state index contributed by atoms with van der Waals surface area (Å²) in [5, 5.41) is 4.31. The normalized spacial score (nSPS) is 16.5. The van der Waals surface area contributed by atoms with Crippen LogP contribution in [0.3, 0.4) is 0 Å². The number of amides is 1. The summed E-state index contributed by atoms with van der Waals surface area (Å²) in [4.78, 5) is 27.5. The molecule has 0 radical (unpaired) electrons. The zero-order valence-electron chi connectivity index (χ0n) is 15.9. The van der Waals surface area contributed by atoms with Crippen LogP contribution in [0, 0.1) is 13.8 Å². The first-order valence-electron chi connectivity index (χ1n) is 9.22. The van der Waals surface area contributed by atoms with Gasteiger partial charge >= 0.3 is 0 Å². The highest BCUT2D eigenvalue weighted by Crippen LogP contribution is 2.35. The van der Waals surface area contributed by atoms with Gasteiger partial charge in [0.05, 0.1) is 17.7 Å². The maximum absolute atomic E-state index is 13.4. The Labute approximate surface area is 161 Å². The molecule has 28 heavy (non-hydrogen) atoms. The Morgan fingerprint density at radius 3 is 2.93 bits per heavy atom. The maximum Gasteiger partial charge on any atom is 0.273 e. The first-order valence-corrected chi connectivity index (χ1v) is 9.22. The largest absolute Gasteiger partial charge is 0.438 e. The van der Waals surface area contributed by atoms with Gasteiger partial charge in [0.2, 0.25) is 5.89 Å². The van der Waals surface area contributed by atoms with Crippen LogP contribution in [0.2, 0.25) is 0 Å². The summed E-state index contributed by atoms with van der Waals surface area (Å²) in [6, 6.07) is 7.17. The number of imidazole rings is 1. The van der Waals surface area contributed by atoms with Gasteiger partial charge in [-0.15, -0.1) is 0 Å². The second-order valence-electron chi connectivity index (χ2n) is 7.19. The Morgan fingerprint density at radius 1 is 1.32 bits per heavy atom. The van der Waals surface area contributed by atoms with E-state index in [0.717, 1.165) is 33.7 Å². The van der Waals surface area contributed by atoms with Crippen LogP contribution in [0.5, 0.6) is 0 Å². The van der Waals surface area contributed by atoms with Crippen LogP contribution >= 0.6 is 0 Å². The molecule has 142 valence electrons. The average Bonchev–Trinajstić information content (AvgIpc) is 3.38. The van der Waals surface area contributed by atoms with Crippen molar-refractivity contribution < 1.29 is 9.21 Å². The molecule has 0 aliphatic carbocycles. The maximum atomic E-state index is 13.4. The first kappa shape index (κ1) is 16.7. The number of aryl methyl sites for hydroxylation is 3. The summed E-state index contributed by atoms with van der Waals surface area (Å²) >= 11 is 0. The van der Waals surface area contributed by atoms with Gasteiger partial charge in [-0.25, -0.2) is 9.97 Å². The van der Waals surface area contributed by atoms with Crippen molar-refractivity contribution in [3.63, 3.8) is 0 Å². The van der Waals surface area contributed by atoms with Crippen molar-refractivity contribution in [3.8, 4) is 0 Å². The lowest BCUT2D eigenvalue weighted by atomic mass is 10.0. The number of hydrogen-bond acceptors (Lipinski definition) is 5. The van der Waals surface area contributed by atoms with Gasteiger partial charge in [0.15, 0.2) is 11.6 Å². The third-order valence-corrected chi connectivity index (χ3v) is 5.27. The smallest absolute Gasteiger partial charge is 0.273 e. The molecule has 8 nitrogen and oxygen atoms in total. The van der Waals surface area contributed by atoms with Gasteiger partial charge in [0.25, 0.3) is 5.91 Å². The fourth-order valence-corrected chi connectivity index (χ4v) is 3.92. The minimum atomic E-state index is -0.482. The van der Waals surface area contributed by atoms with E-state index in [4.69, 9.17) is 9.40 Å². The molecule has 1 aromatic carbocycles.